The minimum atomic E-state index is -0.243. The molecular weight excluding hydrogens is 352 g/mol. The molecule has 0 unspecified atom stereocenters. The highest BCUT2D eigenvalue weighted by Crippen LogP contribution is 2.13. The Morgan fingerprint density at radius 1 is 1.31 bits per heavy atom. The Bertz CT molecular complexity index is 937. The van der Waals surface area contributed by atoms with Crippen LogP contribution in [0.25, 0.3) is 11.0 Å². The van der Waals surface area contributed by atoms with E-state index >= 15 is 0 Å². The minimum absolute atomic E-state index is 0.0261. The highest BCUT2D eigenvalue weighted by molar-refractivity contribution is 7.99. The number of nitrogens with one attached hydrogen (secondary N) is 3. The molecule has 0 saturated carbocycles. The number of carbonyl (C=O) groups is 1. The first-order valence-corrected chi connectivity index (χ1v) is 9.38. The van der Waals surface area contributed by atoms with Gasteiger partial charge >= 0.3 is 0 Å². The number of pyridine rings is 1. The number of amides is 1. The Morgan fingerprint density at radius 3 is 3.00 bits per heavy atom. The normalized spacial score (nSPS) is 10.9. The van der Waals surface area contributed by atoms with Crippen LogP contribution in [0.2, 0.25) is 0 Å². The largest absolute Gasteiger partial charge is 0.369 e. The molecule has 136 valence electrons. The number of aromatic nitrogens is 4. The topological polar surface area (TPSA) is 130 Å². The molecular formula is C17H20N6O2S. The van der Waals surface area contributed by atoms with Gasteiger partial charge in [-0.1, -0.05) is 6.07 Å². The molecule has 0 aliphatic heterocycles. The van der Waals surface area contributed by atoms with Crippen molar-refractivity contribution in [3.05, 3.63) is 52.2 Å². The van der Waals surface area contributed by atoms with Crippen molar-refractivity contribution >= 4 is 34.7 Å². The predicted molar refractivity (Wildman–Crippen MR) is 103 cm³/mol. The summed E-state index contributed by atoms with van der Waals surface area (Å²) in [5, 5.41) is 3.39. The van der Waals surface area contributed by atoms with Gasteiger partial charge in [-0.05, 0) is 29.9 Å². The maximum atomic E-state index is 11.8. The lowest BCUT2D eigenvalue weighted by Gasteiger charge is -2.05. The van der Waals surface area contributed by atoms with Crippen molar-refractivity contribution in [1.82, 2.24) is 25.3 Å². The third-order valence-electron chi connectivity index (χ3n) is 3.77. The summed E-state index contributed by atoms with van der Waals surface area (Å²) in [7, 11) is 0. The van der Waals surface area contributed by atoms with E-state index in [0.29, 0.717) is 24.0 Å². The summed E-state index contributed by atoms with van der Waals surface area (Å²) in [6.07, 6.45) is 4.67. The fourth-order valence-corrected chi connectivity index (χ4v) is 3.36. The van der Waals surface area contributed by atoms with Crippen LogP contribution in [0, 0.1) is 0 Å². The van der Waals surface area contributed by atoms with Gasteiger partial charge < -0.3 is 16.0 Å². The van der Waals surface area contributed by atoms with Gasteiger partial charge in [0.25, 0.3) is 5.56 Å². The molecule has 0 aromatic carbocycles. The molecule has 26 heavy (non-hydrogen) atoms. The number of H-pyrrole nitrogens is 2. The number of nitrogens with zero attached hydrogens (tertiary/aromatic N) is 2. The fourth-order valence-electron chi connectivity index (χ4n) is 2.47. The lowest BCUT2D eigenvalue weighted by atomic mass is 10.3. The molecule has 0 atom stereocenters. The second kappa shape index (κ2) is 8.52. The molecule has 0 bridgehead atoms. The molecule has 0 spiro atoms. The molecule has 3 heterocycles. The molecule has 3 aromatic rings. The van der Waals surface area contributed by atoms with Crippen LogP contribution in [0.5, 0.6) is 0 Å². The summed E-state index contributed by atoms with van der Waals surface area (Å²) in [4.78, 5) is 37.3. The van der Waals surface area contributed by atoms with Crippen molar-refractivity contribution in [2.45, 2.75) is 19.4 Å². The van der Waals surface area contributed by atoms with Crippen molar-refractivity contribution in [3.63, 3.8) is 0 Å². The maximum absolute atomic E-state index is 11.8. The number of rotatable bonds is 8. The molecule has 0 aliphatic carbocycles. The Hall–Kier alpha value is -2.81. The number of thioether (sulfide) groups is 1. The van der Waals surface area contributed by atoms with Crippen molar-refractivity contribution in [3.8, 4) is 0 Å². The number of aromatic amines is 2. The van der Waals surface area contributed by atoms with Gasteiger partial charge in [0, 0.05) is 36.8 Å². The lowest BCUT2D eigenvalue weighted by Crippen LogP contribution is -2.23. The zero-order valence-electron chi connectivity index (χ0n) is 14.1. The summed E-state index contributed by atoms with van der Waals surface area (Å²) in [5.74, 6) is 1.71. The third kappa shape index (κ3) is 4.85. The summed E-state index contributed by atoms with van der Waals surface area (Å²) in [6.45, 7) is 0.497. The van der Waals surface area contributed by atoms with Gasteiger partial charge in [0.2, 0.25) is 11.9 Å². The van der Waals surface area contributed by atoms with Crippen LogP contribution in [0.4, 0.5) is 5.95 Å². The summed E-state index contributed by atoms with van der Waals surface area (Å²) in [5.41, 5.74) is 7.70. The molecule has 0 radical (unpaired) electrons. The third-order valence-corrected chi connectivity index (χ3v) is 4.76. The molecule has 1 amide bonds. The Labute approximate surface area is 154 Å². The van der Waals surface area contributed by atoms with Crippen molar-refractivity contribution in [2.75, 3.05) is 17.2 Å². The van der Waals surface area contributed by atoms with E-state index in [0.717, 1.165) is 29.2 Å². The number of aryl methyl sites for hydroxylation is 1. The lowest BCUT2D eigenvalue weighted by molar-refractivity contribution is -0.120. The highest BCUT2D eigenvalue weighted by Gasteiger charge is 2.07. The zero-order valence-corrected chi connectivity index (χ0v) is 14.9. The number of carbonyl (C=O) groups excluding carboxylic acids is 1. The van der Waals surface area contributed by atoms with E-state index in [1.165, 1.54) is 0 Å². The minimum Gasteiger partial charge on any atom is -0.369 e. The van der Waals surface area contributed by atoms with Gasteiger partial charge in [-0.3, -0.25) is 19.6 Å². The fraction of sp³-hybridized carbons (Fsp3) is 0.294. The van der Waals surface area contributed by atoms with E-state index in [9.17, 15) is 9.59 Å². The van der Waals surface area contributed by atoms with Crippen molar-refractivity contribution in [2.24, 2.45) is 0 Å². The summed E-state index contributed by atoms with van der Waals surface area (Å²) >= 11 is 1.69. The van der Waals surface area contributed by atoms with E-state index in [4.69, 9.17) is 5.73 Å². The highest BCUT2D eigenvalue weighted by atomic mass is 32.2. The van der Waals surface area contributed by atoms with Gasteiger partial charge in [-0.25, -0.2) is 0 Å². The number of anilines is 1. The van der Waals surface area contributed by atoms with Gasteiger partial charge in [-0.2, -0.15) is 16.7 Å². The monoisotopic (exact) mass is 372 g/mol. The van der Waals surface area contributed by atoms with Gasteiger partial charge in [0.1, 0.15) is 5.65 Å². The van der Waals surface area contributed by atoms with Crippen molar-refractivity contribution in [1.29, 1.82) is 0 Å². The number of nitrogens with two attached hydrogens (primary N) is 1. The van der Waals surface area contributed by atoms with Crippen LogP contribution < -0.4 is 16.6 Å². The molecule has 9 heteroatoms. The number of fused-ring (bicyclic) bond motifs is 1. The average molecular weight is 372 g/mol. The second-order valence-electron chi connectivity index (χ2n) is 5.76. The summed E-state index contributed by atoms with van der Waals surface area (Å²) < 4.78 is 0. The van der Waals surface area contributed by atoms with E-state index in [-0.39, 0.29) is 17.4 Å². The summed E-state index contributed by atoms with van der Waals surface area (Å²) in [6, 6.07) is 5.57. The molecule has 3 aromatic heterocycles. The average Bonchev–Trinajstić information content (AvgIpc) is 3.03. The van der Waals surface area contributed by atoms with Gasteiger partial charge in [0.15, 0.2) is 0 Å². The number of hydrogen-bond donors (Lipinski definition) is 4. The van der Waals surface area contributed by atoms with E-state index in [2.05, 4.69) is 25.3 Å². The van der Waals surface area contributed by atoms with Gasteiger partial charge in [-0.15, -0.1) is 0 Å². The molecule has 3 rings (SSSR count). The first-order valence-electron chi connectivity index (χ1n) is 8.22. The van der Waals surface area contributed by atoms with Crippen LogP contribution in [0.15, 0.2) is 35.4 Å². The second-order valence-corrected chi connectivity index (χ2v) is 6.98. The molecule has 5 N–H and O–H groups in total. The van der Waals surface area contributed by atoms with Crippen LogP contribution in [-0.4, -0.2) is 37.3 Å². The van der Waals surface area contributed by atoms with Crippen LogP contribution >= 0.6 is 11.8 Å². The van der Waals surface area contributed by atoms with E-state index in [1.807, 2.05) is 12.1 Å². The standard InChI is InChI=1S/C17H20N6O2S/c18-17-22-15-13(16(25)23-17)8-12(21-15)3-6-26-7-4-14(24)20-10-11-2-1-5-19-9-11/h1-2,5,8-9H,3-4,6-7,10H2,(H,20,24)(H4,18,21,22,23,25). The maximum Gasteiger partial charge on any atom is 0.261 e. The Kier molecular flexibility index (Phi) is 5.90. The number of hydrogen-bond acceptors (Lipinski definition) is 6. The van der Waals surface area contributed by atoms with E-state index < -0.39 is 0 Å². The Balaban J connectivity index is 1.37. The first-order chi connectivity index (χ1) is 12.6. The zero-order chi connectivity index (χ0) is 18.4. The van der Waals surface area contributed by atoms with Gasteiger partial charge in [0.05, 0.1) is 5.39 Å². The van der Waals surface area contributed by atoms with Crippen molar-refractivity contribution < 1.29 is 4.79 Å². The van der Waals surface area contributed by atoms with Crippen LogP contribution in [0.1, 0.15) is 17.7 Å². The molecule has 0 fully saturated rings. The quantitative estimate of drug-likeness (QED) is 0.440. The smallest absolute Gasteiger partial charge is 0.261 e. The first kappa shape index (κ1) is 18.0. The van der Waals surface area contributed by atoms with Crippen LogP contribution in [0.3, 0.4) is 0 Å². The molecule has 0 aliphatic rings. The van der Waals surface area contributed by atoms with Crippen LogP contribution in [-0.2, 0) is 17.8 Å². The SMILES string of the molecule is Nc1nc2[nH]c(CCSCCC(=O)NCc3cccnc3)cc2c(=O)[nH]1. The number of nitrogen functional groups attached to an aromatic ring is 1. The molecule has 0 saturated heterocycles. The van der Waals surface area contributed by atoms with E-state index in [1.54, 1.807) is 30.2 Å². The predicted octanol–water partition coefficient (Wildman–Crippen LogP) is 1.21. The molecule has 8 nitrogen and oxygen atoms in total. The Morgan fingerprint density at radius 2 is 2.19 bits per heavy atom.